The van der Waals surface area contributed by atoms with Gasteiger partial charge in [-0.25, -0.2) is 9.37 Å². The van der Waals surface area contributed by atoms with Crippen molar-refractivity contribution in [2.75, 3.05) is 19.6 Å². The summed E-state index contributed by atoms with van der Waals surface area (Å²) >= 11 is 1.12. The first-order valence-corrected chi connectivity index (χ1v) is 8.92. The number of hydrogen-bond donors (Lipinski definition) is 1. The summed E-state index contributed by atoms with van der Waals surface area (Å²) in [7, 11) is 0. The highest BCUT2D eigenvalue weighted by Crippen LogP contribution is 2.30. The first-order valence-electron chi connectivity index (χ1n) is 8.10. The molecule has 1 amide bonds. The normalized spacial score (nSPS) is 25.6. The molecule has 1 N–H and O–H groups in total. The second-order valence-electron chi connectivity index (χ2n) is 6.23. The zero-order valence-electron chi connectivity index (χ0n) is 13.1. The molecule has 4 heterocycles. The molecule has 0 aliphatic carbocycles. The molecule has 2 aromatic rings. The van der Waals surface area contributed by atoms with Crippen LogP contribution in [0.4, 0.5) is 4.39 Å². The molecule has 3 saturated heterocycles. The van der Waals surface area contributed by atoms with E-state index >= 15 is 0 Å². The van der Waals surface area contributed by atoms with Crippen LogP contribution in [0.3, 0.4) is 0 Å². The van der Waals surface area contributed by atoms with Gasteiger partial charge < -0.3 is 14.6 Å². The molecule has 126 valence electrons. The van der Waals surface area contributed by atoms with E-state index in [1.165, 1.54) is 12.3 Å². The number of carbonyl (C=O) groups excluding carboxylic acids is 1. The van der Waals surface area contributed by atoms with E-state index in [0.29, 0.717) is 15.9 Å². The first-order chi connectivity index (χ1) is 11.7. The lowest BCUT2D eigenvalue weighted by Crippen LogP contribution is -2.57. The van der Waals surface area contributed by atoms with Crippen molar-refractivity contribution in [3.63, 3.8) is 0 Å². The third-order valence-corrected chi connectivity index (χ3v) is 5.64. The summed E-state index contributed by atoms with van der Waals surface area (Å²) in [5.41, 5.74) is 0. The number of amides is 1. The van der Waals surface area contributed by atoms with Crippen molar-refractivity contribution in [3.8, 4) is 0 Å². The van der Waals surface area contributed by atoms with Crippen LogP contribution >= 0.6 is 11.8 Å². The van der Waals surface area contributed by atoms with Crippen LogP contribution < -0.4 is 5.32 Å². The number of nitrogens with zero attached hydrogens (tertiary/aromatic N) is 2. The van der Waals surface area contributed by atoms with Crippen LogP contribution in [0.2, 0.25) is 0 Å². The summed E-state index contributed by atoms with van der Waals surface area (Å²) < 4.78 is 19.2. The van der Waals surface area contributed by atoms with E-state index in [1.54, 1.807) is 18.2 Å². The summed E-state index contributed by atoms with van der Waals surface area (Å²) in [5, 5.41) is 3.44. The number of oxazole rings is 1. The van der Waals surface area contributed by atoms with Gasteiger partial charge in [0.2, 0.25) is 0 Å². The van der Waals surface area contributed by atoms with Gasteiger partial charge >= 0.3 is 5.91 Å². The molecule has 0 spiro atoms. The molecule has 1 atom stereocenters. The molecule has 3 aliphatic rings. The minimum atomic E-state index is -0.322. The number of rotatable bonds is 4. The Kier molecular flexibility index (Phi) is 4.28. The van der Waals surface area contributed by atoms with Gasteiger partial charge in [-0.2, -0.15) is 0 Å². The van der Waals surface area contributed by atoms with Crippen LogP contribution in [-0.4, -0.2) is 41.5 Å². The van der Waals surface area contributed by atoms with Crippen molar-refractivity contribution in [2.24, 2.45) is 5.92 Å². The molecule has 7 heteroatoms. The maximum Gasteiger partial charge on any atom is 0.307 e. The fourth-order valence-corrected chi connectivity index (χ4v) is 4.16. The second-order valence-corrected chi connectivity index (χ2v) is 7.28. The summed E-state index contributed by atoms with van der Waals surface area (Å²) in [4.78, 5) is 19.2. The molecule has 2 bridgehead atoms. The highest BCUT2D eigenvalue weighted by atomic mass is 32.2. The molecular formula is C17H18FN3O2S. The van der Waals surface area contributed by atoms with Gasteiger partial charge in [0.05, 0.1) is 11.1 Å². The van der Waals surface area contributed by atoms with Crippen molar-refractivity contribution in [3.05, 3.63) is 42.2 Å². The quantitative estimate of drug-likeness (QED) is 0.922. The van der Waals surface area contributed by atoms with Crippen LogP contribution in [0.25, 0.3) is 0 Å². The number of benzene rings is 1. The number of hydrogen-bond acceptors (Lipinski definition) is 5. The van der Waals surface area contributed by atoms with Crippen LogP contribution in [0, 0.1) is 11.7 Å². The fraction of sp³-hybridized carbons (Fsp3) is 0.412. The summed E-state index contributed by atoms with van der Waals surface area (Å²) in [6.07, 6.45) is 3.72. The Labute approximate surface area is 143 Å². The summed E-state index contributed by atoms with van der Waals surface area (Å²) in [6, 6.07) is 6.60. The third kappa shape index (κ3) is 3.18. The van der Waals surface area contributed by atoms with Crippen LogP contribution in [0.1, 0.15) is 23.5 Å². The highest BCUT2D eigenvalue weighted by molar-refractivity contribution is 7.99. The SMILES string of the molecule is O=C(N[C@H]1CN2CCC1CC2)c1ncc(Sc2ccccc2F)o1. The van der Waals surface area contributed by atoms with Gasteiger partial charge in [-0.1, -0.05) is 12.1 Å². The Morgan fingerprint density at radius 1 is 1.33 bits per heavy atom. The van der Waals surface area contributed by atoms with E-state index in [4.69, 9.17) is 4.42 Å². The van der Waals surface area contributed by atoms with Gasteiger partial charge in [0.25, 0.3) is 5.89 Å². The van der Waals surface area contributed by atoms with Gasteiger partial charge in [0.15, 0.2) is 5.09 Å². The lowest BCUT2D eigenvalue weighted by atomic mass is 9.84. The zero-order valence-corrected chi connectivity index (χ0v) is 13.9. The molecule has 3 aliphatic heterocycles. The van der Waals surface area contributed by atoms with Gasteiger partial charge in [0.1, 0.15) is 5.82 Å². The van der Waals surface area contributed by atoms with Crippen molar-refractivity contribution in [2.45, 2.75) is 28.9 Å². The maximum absolute atomic E-state index is 13.7. The Morgan fingerprint density at radius 3 is 2.83 bits per heavy atom. The molecule has 0 radical (unpaired) electrons. The Morgan fingerprint density at radius 2 is 2.12 bits per heavy atom. The summed E-state index contributed by atoms with van der Waals surface area (Å²) in [5.74, 6) is -0.0437. The molecule has 1 aromatic heterocycles. The molecule has 24 heavy (non-hydrogen) atoms. The number of halogens is 1. The maximum atomic E-state index is 13.7. The van der Waals surface area contributed by atoms with E-state index < -0.39 is 0 Å². The molecule has 1 aromatic carbocycles. The molecule has 0 saturated carbocycles. The van der Waals surface area contributed by atoms with Crippen LogP contribution in [-0.2, 0) is 0 Å². The van der Waals surface area contributed by atoms with E-state index in [9.17, 15) is 9.18 Å². The Bertz CT molecular complexity index is 743. The average Bonchev–Trinajstić information content (AvgIpc) is 3.07. The zero-order chi connectivity index (χ0) is 16.5. The summed E-state index contributed by atoms with van der Waals surface area (Å²) in [6.45, 7) is 3.15. The smallest absolute Gasteiger partial charge is 0.307 e. The number of piperidine rings is 3. The van der Waals surface area contributed by atoms with E-state index in [0.717, 1.165) is 44.2 Å². The second kappa shape index (κ2) is 6.57. The topological polar surface area (TPSA) is 58.4 Å². The largest absolute Gasteiger partial charge is 0.425 e. The van der Waals surface area contributed by atoms with Crippen molar-refractivity contribution < 1.29 is 13.6 Å². The number of carbonyl (C=O) groups is 1. The lowest BCUT2D eigenvalue weighted by molar-refractivity contribution is 0.0599. The molecule has 5 nitrogen and oxygen atoms in total. The van der Waals surface area contributed by atoms with Crippen LogP contribution in [0.15, 0.2) is 44.9 Å². The van der Waals surface area contributed by atoms with Crippen LogP contribution in [0.5, 0.6) is 0 Å². The molecule has 5 rings (SSSR count). The van der Waals surface area contributed by atoms with Gasteiger partial charge in [-0.15, -0.1) is 0 Å². The predicted molar refractivity (Wildman–Crippen MR) is 87.4 cm³/mol. The first kappa shape index (κ1) is 15.7. The van der Waals surface area contributed by atoms with E-state index in [-0.39, 0.29) is 23.7 Å². The van der Waals surface area contributed by atoms with Crippen molar-refractivity contribution >= 4 is 17.7 Å². The van der Waals surface area contributed by atoms with Crippen molar-refractivity contribution in [1.82, 2.24) is 15.2 Å². The minimum absolute atomic E-state index is 0.0327. The number of aromatic nitrogens is 1. The Hall–Kier alpha value is -1.86. The van der Waals surface area contributed by atoms with Gasteiger partial charge in [0, 0.05) is 12.6 Å². The molecule has 0 unspecified atom stereocenters. The predicted octanol–water partition coefficient (Wildman–Crippen LogP) is 2.79. The third-order valence-electron chi connectivity index (χ3n) is 4.70. The average molecular weight is 347 g/mol. The van der Waals surface area contributed by atoms with E-state index in [1.807, 2.05) is 0 Å². The molecule has 3 fully saturated rings. The Balaban J connectivity index is 1.41. The molecular weight excluding hydrogens is 329 g/mol. The number of fused-ring (bicyclic) bond motifs is 3. The monoisotopic (exact) mass is 347 g/mol. The minimum Gasteiger partial charge on any atom is -0.425 e. The standard InChI is InChI=1S/C17H18FN3O2S/c18-12-3-1-2-4-14(12)24-15-9-19-17(23-15)16(22)20-13-10-21-7-5-11(13)6-8-21/h1-4,9,11,13H,5-8,10H2,(H,20,22)/t13-/m0/s1. The van der Waals surface area contributed by atoms with E-state index in [2.05, 4.69) is 15.2 Å². The van der Waals surface area contributed by atoms with Crippen molar-refractivity contribution in [1.29, 1.82) is 0 Å². The van der Waals surface area contributed by atoms with Gasteiger partial charge in [-0.05, 0) is 55.7 Å². The van der Waals surface area contributed by atoms with Gasteiger partial charge in [-0.3, -0.25) is 4.79 Å². The highest BCUT2D eigenvalue weighted by Gasteiger charge is 2.35. The lowest BCUT2D eigenvalue weighted by Gasteiger charge is -2.44. The number of nitrogens with one attached hydrogen (secondary N) is 1. The fourth-order valence-electron chi connectivity index (χ4n) is 3.41.